The van der Waals surface area contributed by atoms with E-state index in [1.165, 1.54) is 3.57 Å². The summed E-state index contributed by atoms with van der Waals surface area (Å²) in [6, 6.07) is 8.95. The molecule has 2 heteroatoms. The number of benzene rings is 1. The van der Waals surface area contributed by atoms with Crippen LogP contribution < -0.4 is 0 Å². The van der Waals surface area contributed by atoms with E-state index in [9.17, 15) is 0 Å². The van der Waals surface area contributed by atoms with Gasteiger partial charge < -0.3 is 0 Å². The van der Waals surface area contributed by atoms with Gasteiger partial charge in [-0.3, -0.25) is 0 Å². The normalized spacial score (nSPS) is 9.25. The lowest BCUT2D eigenvalue weighted by Gasteiger charge is -1.86. The van der Waals surface area contributed by atoms with Crippen LogP contribution in [-0.2, 0) is 0 Å². The molecular formula is C6H3BrI. The Kier molecular flexibility index (Phi) is 2.31. The van der Waals surface area contributed by atoms with Crippen LogP contribution in [0.2, 0.25) is 0 Å². The molecule has 0 heterocycles. The molecule has 0 aliphatic heterocycles. The second kappa shape index (κ2) is 2.82. The Morgan fingerprint density at radius 3 is 2.62 bits per heavy atom. The number of hydrogen-bond acceptors (Lipinski definition) is 0. The molecule has 0 N–H and O–H groups in total. The Balaban J connectivity index is 3.03. The number of hydrogen-bond donors (Lipinski definition) is 0. The molecule has 8 heavy (non-hydrogen) atoms. The zero-order valence-corrected chi connectivity index (χ0v) is 7.73. The third-order valence-corrected chi connectivity index (χ3v) is 1.90. The third-order valence-electron chi connectivity index (χ3n) is 0.737. The topological polar surface area (TPSA) is 0 Å². The van der Waals surface area contributed by atoms with Crippen molar-refractivity contribution in [2.45, 2.75) is 0 Å². The van der Waals surface area contributed by atoms with E-state index in [0.717, 1.165) is 4.47 Å². The van der Waals surface area contributed by atoms with Gasteiger partial charge in [0.2, 0.25) is 0 Å². The van der Waals surface area contributed by atoms with Gasteiger partial charge in [-0.25, -0.2) is 0 Å². The molecule has 1 aromatic rings. The van der Waals surface area contributed by atoms with Gasteiger partial charge in [0.1, 0.15) is 0 Å². The molecule has 1 aromatic carbocycles. The van der Waals surface area contributed by atoms with E-state index in [4.69, 9.17) is 0 Å². The van der Waals surface area contributed by atoms with Crippen molar-refractivity contribution in [1.29, 1.82) is 0 Å². The first-order valence-corrected chi connectivity index (χ1v) is 3.99. The molecule has 0 atom stereocenters. The van der Waals surface area contributed by atoms with E-state index in [2.05, 4.69) is 44.6 Å². The van der Waals surface area contributed by atoms with Crippen LogP contribution in [0.1, 0.15) is 0 Å². The highest BCUT2D eigenvalue weighted by atomic mass is 127. The summed E-state index contributed by atoms with van der Waals surface area (Å²) in [5, 5.41) is 0. The average Bonchev–Trinajstić information content (AvgIpc) is 1.77. The molecule has 0 unspecified atom stereocenters. The summed E-state index contributed by atoms with van der Waals surface area (Å²) in [6.07, 6.45) is 0. The van der Waals surface area contributed by atoms with Crippen LogP contribution in [0.4, 0.5) is 0 Å². The van der Waals surface area contributed by atoms with Gasteiger partial charge in [0.15, 0.2) is 0 Å². The van der Waals surface area contributed by atoms with Gasteiger partial charge in [0, 0.05) is 8.04 Å². The molecule has 0 nitrogen and oxygen atoms in total. The first-order chi connectivity index (χ1) is 3.79. The van der Waals surface area contributed by atoms with E-state index in [1.54, 1.807) is 0 Å². The van der Waals surface area contributed by atoms with Gasteiger partial charge in [-0.15, -0.1) is 0 Å². The van der Waals surface area contributed by atoms with Crippen LogP contribution in [0.15, 0.2) is 22.7 Å². The molecule has 0 aliphatic rings. The van der Waals surface area contributed by atoms with Crippen LogP contribution in [0.25, 0.3) is 0 Å². The Morgan fingerprint density at radius 2 is 2.25 bits per heavy atom. The summed E-state index contributed by atoms with van der Waals surface area (Å²) in [6.45, 7) is 0. The maximum atomic E-state index is 3.29. The van der Waals surface area contributed by atoms with Gasteiger partial charge >= 0.3 is 0 Å². The highest BCUT2D eigenvalue weighted by Gasteiger charge is 1.83. The minimum absolute atomic E-state index is 1.01. The molecule has 0 saturated heterocycles. The Morgan fingerprint density at radius 1 is 1.50 bits per heavy atom. The quantitative estimate of drug-likeness (QED) is 0.642. The fraction of sp³-hybridized carbons (Fsp3) is 0. The fourth-order valence-electron chi connectivity index (χ4n) is 0.387. The molecule has 1 rings (SSSR count). The van der Waals surface area contributed by atoms with Crippen molar-refractivity contribution in [1.82, 2.24) is 0 Å². The van der Waals surface area contributed by atoms with Crippen molar-refractivity contribution in [3.8, 4) is 0 Å². The van der Waals surface area contributed by atoms with Gasteiger partial charge in [-0.2, -0.15) is 0 Å². The molecule has 0 saturated carbocycles. The van der Waals surface area contributed by atoms with E-state index in [0.29, 0.717) is 0 Å². The van der Waals surface area contributed by atoms with Crippen LogP contribution in [0.3, 0.4) is 0 Å². The van der Waals surface area contributed by atoms with E-state index >= 15 is 0 Å². The number of halogens is 2. The smallest absolute Gasteiger partial charge is 0.0254 e. The van der Waals surface area contributed by atoms with Gasteiger partial charge in [-0.05, 0) is 46.9 Å². The third kappa shape index (κ3) is 1.74. The predicted octanol–water partition coefficient (Wildman–Crippen LogP) is 2.85. The van der Waals surface area contributed by atoms with Crippen LogP contribution >= 0.6 is 38.5 Å². The second-order valence-electron chi connectivity index (χ2n) is 1.35. The Hall–Kier alpha value is 0.430. The van der Waals surface area contributed by atoms with Crippen molar-refractivity contribution in [2.24, 2.45) is 0 Å². The summed E-state index contributed by atoms with van der Waals surface area (Å²) in [4.78, 5) is 0. The minimum Gasteiger partial charge on any atom is -0.0502 e. The van der Waals surface area contributed by atoms with Gasteiger partial charge in [0.25, 0.3) is 0 Å². The minimum atomic E-state index is 1.01. The Bertz CT molecular complexity index is 147. The average molecular weight is 282 g/mol. The van der Waals surface area contributed by atoms with Crippen molar-refractivity contribution in [2.75, 3.05) is 0 Å². The first-order valence-electron chi connectivity index (χ1n) is 2.12. The Labute approximate surface area is 70.6 Å². The molecule has 0 fully saturated rings. The fourth-order valence-corrected chi connectivity index (χ4v) is 0.969. The molecule has 41 valence electrons. The lowest BCUT2D eigenvalue weighted by atomic mass is 10.4. The molecule has 1 radical (unpaired) electrons. The SMILES string of the molecule is Brc1[c]cc(I)cc1. The van der Waals surface area contributed by atoms with E-state index < -0.39 is 0 Å². The molecule has 0 aliphatic carbocycles. The van der Waals surface area contributed by atoms with E-state index in [-0.39, 0.29) is 0 Å². The lowest BCUT2D eigenvalue weighted by molar-refractivity contribution is 1.59. The molecule has 0 bridgehead atoms. The maximum Gasteiger partial charge on any atom is 0.0254 e. The highest BCUT2D eigenvalue weighted by molar-refractivity contribution is 14.1. The van der Waals surface area contributed by atoms with Crippen molar-refractivity contribution < 1.29 is 0 Å². The second-order valence-corrected chi connectivity index (χ2v) is 3.45. The van der Waals surface area contributed by atoms with Crippen LogP contribution in [0.5, 0.6) is 0 Å². The van der Waals surface area contributed by atoms with Crippen LogP contribution in [0, 0.1) is 9.64 Å². The van der Waals surface area contributed by atoms with Crippen LogP contribution in [-0.4, -0.2) is 0 Å². The standard InChI is InChI=1S/C6H3BrI/c7-5-1-3-6(8)4-2-5/h1,3-4H. The molecule has 0 amide bonds. The molecule has 0 aromatic heterocycles. The maximum absolute atomic E-state index is 3.29. The lowest BCUT2D eigenvalue weighted by Crippen LogP contribution is -1.66. The summed E-state index contributed by atoms with van der Waals surface area (Å²) >= 11 is 5.53. The highest BCUT2D eigenvalue weighted by Crippen LogP contribution is 2.10. The summed E-state index contributed by atoms with van der Waals surface area (Å²) in [5.41, 5.74) is 0. The summed E-state index contributed by atoms with van der Waals surface area (Å²) in [7, 11) is 0. The van der Waals surface area contributed by atoms with Crippen molar-refractivity contribution >= 4 is 38.5 Å². The first kappa shape index (κ1) is 6.55. The molecule has 0 spiro atoms. The monoisotopic (exact) mass is 281 g/mol. The zero-order chi connectivity index (χ0) is 5.98. The largest absolute Gasteiger partial charge is 0.0502 e. The van der Waals surface area contributed by atoms with Crippen molar-refractivity contribution in [3.05, 3.63) is 32.3 Å². The van der Waals surface area contributed by atoms with Crippen molar-refractivity contribution in [3.63, 3.8) is 0 Å². The van der Waals surface area contributed by atoms with Gasteiger partial charge in [-0.1, -0.05) is 15.9 Å². The zero-order valence-electron chi connectivity index (χ0n) is 3.99. The summed E-state index contributed by atoms with van der Waals surface area (Å²) in [5.74, 6) is 0. The predicted molar refractivity (Wildman–Crippen MR) is 45.7 cm³/mol. The summed E-state index contributed by atoms with van der Waals surface area (Å²) < 4.78 is 2.23. The van der Waals surface area contributed by atoms with Gasteiger partial charge in [0.05, 0.1) is 0 Å². The number of rotatable bonds is 0. The van der Waals surface area contributed by atoms with E-state index in [1.807, 2.05) is 18.2 Å². The molecular weight excluding hydrogens is 279 g/mol.